The Morgan fingerprint density at radius 3 is 2.39 bits per heavy atom. The second kappa shape index (κ2) is 5.59. The van der Waals surface area contributed by atoms with Gasteiger partial charge in [-0.1, -0.05) is 18.2 Å². The maximum Gasteiger partial charge on any atom is 0.137 e. The second-order valence-electron chi connectivity index (χ2n) is 3.95. The summed E-state index contributed by atoms with van der Waals surface area (Å²) < 4.78 is 26.8. The van der Waals surface area contributed by atoms with Crippen LogP contribution in [0.15, 0.2) is 46.9 Å². The summed E-state index contributed by atoms with van der Waals surface area (Å²) in [7, 11) is 1.78. The van der Waals surface area contributed by atoms with Crippen LogP contribution < -0.4 is 5.32 Å². The smallest absolute Gasteiger partial charge is 0.137 e. The van der Waals surface area contributed by atoms with Crippen LogP contribution >= 0.6 is 15.9 Å². The first-order valence-electron chi connectivity index (χ1n) is 5.49. The lowest BCUT2D eigenvalue weighted by Crippen LogP contribution is -2.17. The molecule has 2 aromatic rings. The maximum atomic E-state index is 13.2. The number of benzene rings is 2. The van der Waals surface area contributed by atoms with E-state index in [9.17, 15) is 8.78 Å². The summed E-state index contributed by atoms with van der Waals surface area (Å²) in [5.74, 6) is -0.596. The topological polar surface area (TPSA) is 12.0 Å². The molecule has 94 valence electrons. The molecule has 1 nitrogen and oxygen atoms in total. The Kier molecular flexibility index (Phi) is 4.09. The predicted octanol–water partition coefficient (Wildman–Crippen LogP) is 4.04. The van der Waals surface area contributed by atoms with Gasteiger partial charge in [-0.3, -0.25) is 0 Å². The Labute approximate surface area is 113 Å². The molecule has 0 spiro atoms. The SMILES string of the molecule is CNC(c1cccc(F)c1)c1ccc(F)c(Br)c1. The van der Waals surface area contributed by atoms with Crippen LogP contribution in [-0.2, 0) is 0 Å². The van der Waals surface area contributed by atoms with Gasteiger partial charge in [0.15, 0.2) is 0 Å². The van der Waals surface area contributed by atoms with E-state index in [1.54, 1.807) is 25.2 Å². The minimum absolute atomic E-state index is 0.169. The van der Waals surface area contributed by atoms with Crippen LogP contribution in [0.5, 0.6) is 0 Å². The molecule has 1 atom stereocenters. The molecule has 4 heteroatoms. The fourth-order valence-electron chi connectivity index (χ4n) is 1.90. The quantitative estimate of drug-likeness (QED) is 0.902. The molecule has 2 rings (SSSR count). The highest BCUT2D eigenvalue weighted by Gasteiger charge is 2.13. The van der Waals surface area contributed by atoms with Crippen LogP contribution in [0.25, 0.3) is 0 Å². The maximum absolute atomic E-state index is 13.2. The standard InChI is InChI=1S/C14H12BrF2N/c1-18-14(9-3-2-4-11(16)7-9)10-5-6-13(17)12(15)8-10/h2-8,14,18H,1H3. The largest absolute Gasteiger partial charge is 0.309 e. The van der Waals surface area contributed by atoms with Crippen molar-refractivity contribution < 1.29 is 8.78 Å². The van der Waals surface area contributed by atoms with Crippen LogP contribution in [0, 0.1) is 11.6 Å². The van der Waals surface area contributed by atoms with Crippen molar-refractivity contribution in [3.63, 3.8) is 0 Å². The Morgan fingerprint density at radius 1 is 1.06 bits per heavy atom. The van der Waals surface area contributed by atoms with Crippen molar-refractivity contribution in [1.29, 1.82) is 0 Å². The molecule has 1 N–H and O–H groups in total. The molecule has 1 unspecified atom stereocenters. The highest BCUT2D eigenvalue weighted by molar-refractivity contribution is 9.10. The average Bonchev–Trinajstić information content (AvgIpc) is 2.35. The fraction of sp³-hybridized carbons (Fsp3) is 0.143. The van der Waals surface area contributed by atoms with Crippen molar-refractivity contribution in [2.75, 3.05) is 7.05 Å². The predicted molar refractivity (Wildman–Crippen MR) is 71.4 cm³/mol. The zero-order valence-electron chi connectivity index (χ0n) is 9.75. The van der Waals surface area contributed by atoms with E-state index in [0.29, 0.717) is 4.47 Å². The molecule has 0 aliphatic carbocycles. The third-order valence-corrected chi connectivity index (χ3v) is 3.36. The first-order chi connectivity index (χ1) is 8.61. The zero-order valence-corrected chi connectivity index (χ0v) is 11.3. The van der Waals surface area contributed by atoms with Gasteiger partial charge < -0.3 is 5.32 Å². The Hall–Kier alpha value is -1.26. The molecular weight excluding hydrogens is 300 g/mol. The first-order valence-corrected chi connectivity index (χ1v) is 6.29. The van der Waals surface area contributed by atoms with Crippen molar-refractivity contribution in [3.05, 3.63) is 69.7 Å². The average molecular weight is 312 g/mol. The van der Waals surface area contributed by atoms with Crippen molar-refractivity contribution in [2.45, 2.75) is 6.04 Å². The summed E-state index contributed by atoms with van der Waals surface area (Å²) in [5.41, 5.74) is 1.67. The molecule has 0 fully saturated rings. The molecule has 0 aliphatic rings. The van der Waals surface area contributed by atoms with Crippen molar-refractivity contribution >= 4 is 15.9 Å². The van der Waals surface area contributed by atoms with E-state index in [2.05, 4.69) is 21.2 Å². The first kappa shape index (κ1) is 13.2. The molecule has 2 aromatic carbocycles. The van der Waals surface area contributed by atoms with E-state index >= 15 is 0 Å². The molecular formula is C14H12BrF2N. The van der Waals surface area contributed by atoms with Crippen molar-refractivity contribution in [2.24, 2.45) is 0 Å². The molecule has 0 amide bonds. The van der Waals surface area contributed by atoms with Crippen LogP contribution in [0.4, 0.5) is 8.78 Å². The highest BCUT2D eigenvalue weighted by Crippen LogP contribution is 2.26. The van der Waals surface area contributed by atoms with E-state index in [1.165, 1.54) is 18.2 Å². The van der Waals surface area contributed by atoms with Gasteiger partial charge in [-0.25, -0.2) is 8.78 Å². The lowest BCUT2D eigenvalue weighted by Gasteiger charge is -2.17. The lowest BCUT2D eigenvalue weighted by atomic mass is 9.99. The van der Waals surface area contributed by atoms with Crippen LogP contribution in [0.1, 0.15) is 17.2 Å². The Bertz CT molecular complexity index is 557. The summed E-state index contributed by atoms with van der Waals surface area (Å²) >= 11 is 3.15. The van der Waals surface area contributed by atoms with Gasteiger partial charge in [0.2, 0.25) is 0 Å². The third kappa shape index (κ3) is 2.76. The van der Waals surface area contributed by atoms with Crippen LogP contribution in [0.2, 0.25) is 0 Å². The molecule has 0 saturated carbocycles. The second-order valence-corrected chi connectivity index (χ2v) is 4.80. The van der Waals surface area contributed by atoms with Gasteiger partial charge in [-0.05, 0) is 58.4 Å². The van der Waals surface area contributed by atoms with Gasteiger partial charge in [0.05, 0.1) is 10.5 Å². The number of nitrogens with one attached hydrogen (secondary N) is 1. The van der Waals surface area contributed by atoms with E-state index < -0.39 is 0 Å². The Balaban J connectivity index is 2.42. The van der Waals surface area contributed by atoms with E-state index in [4.69, 9.17) is 0 Å². The minimum atomic E-state index is -0.312. The molecule has 18 heavy (non-hydrogen) atoms. The number of halogens is 3. The molecule has 0 bridgehead atoms. The summed E-state index contributed by atoms with van der Waals surface area (Å²) in [4.78, 5) is 0. The highest BCUT2D eigenvalue weighted by atomic mass is 79.9. The van der Waals surface area contributed by atoms with E-state index in [1.807, 2.05) is 6.07 Å². The summed E-state index contributed by atoms with van der Waals surface area (Å²) in [6, 6.07) is 11.0. The Morgan fingerprint density at radius 2 is 1.78 bits per heavy atom. The fourth-order valence-corrected chi connectivity index (χ4v) is 2.30. The minimum Gasteiger partial charge on any atom is -0.309 e. The number of hydrogen-bond donors (Lipinski definition) is 1. The number of hydrogen-bond acceptors (Lipinski definition) is 1. The van der Waals surface area contributed by atoms with Gasteiger partial charge in [-0.2, -0.15) is 0 Å². The van der Waals surface area contributed by atoms with E-state index in [-0.39, 0.29) is 17.7 Å². The molecule has 0 saturated heterocycles. The van der Waals surface area contributed by atoms with Gasteiger partial charge in [0.25, 0.3) is 0 Å². The van der Waals surface area contributed by atoms with Crippen molar-refractivity contribution in [3.8, 4) is 0 Å². The van der Waals surface area contributed by atoms with Crippen molar-refractivity contribution in [1.82, 2.24) is 5.32 Å². The normalized spacial score (nSPS) is 12.4. The molecule has 0 radical (unpaired) electrons. The van der Waals surface area contributed by atoms with Gasteiger partial charge in [-0.15, -0.1) is 0 Å². The summed E-state index contributed by atoms with van der Waals surface area (Å²) in [5, 5.41) is 3.10. The van der Waals surface area contributed by atoms with E-state index in [0.717, 1.165) is 11.1 Å². The molecule has 0 aromatic heterocycles. The molecule has 0 heterocycles. The van der Waals surface area contributed by atoms with Gasteiger partial charge in [0, 0.05) is 0 Å². The van der Waals surface area contributed by atoms with Crippen LogP contribution in [-0.4, -0.2) is 7.05 Å². The summed E-state index contributed by atoms with van der Waals surface area (Å²) in [6.45, 7) is 0. The summed E-state index contributed by atoms with van der Waals surface area (Å²) in [6.07, 6.45) is 0. The lowest BCUT2D eigenvalue weighted by molar-refractivity contribution is 0.610. The zero-order chi connectivity index (χ0) is 13.1. The van der Waals surface area contributed by atoms with Gasteiger partial charge >= 0.3 is 0 Å². The van der Waals surface area contributed by atoms with Crippen LogP contribution in [0.3, 0.4) is 0 Å². The monoisotopic (exact) mass is 311 g/mol. The number of rotatable bonds is 3. The molecule has 0 aliphatic heterocycles. The van der Waals surface area contributed by atoms with Gasteiger partial charge in [0.1, 0.15) is 11.6 Å². The third-order valence-electron chi connectivity index (χ3n) is 2.75.